The Balaban J connectivity index is 1.15. The third-order valence-corrected chi connectivity index (χ3v) is 10.7. The summed E-state index contributed by atoms with van der Waals surface area (Å²) >= 11 is 0. The summed E-state index contributed by atoms with van der Waals surface area (Å²) in [7, 11) is 0. The van der Waals surface area contributed by atoms with Gasteiger partial charge in [-0.05, 0) is 88.0 Å². The number of fused-ring (bicyclic) bond motifs is 3. The molecule has 1 aromatic heterocycles. The average molecular weight is 681 g/mol. The summed E-state index contributed by atoms with van der Waals surface area (Å²) in [5, 5.41) is 2.49. The van der Waals surface area contributed by atoms with Crippen molar-refractivity contribution in [3.8, 4) is 27.9 Å². The monoisotopic (exact) mass is 680 g/mol. The van der Waals surface area contributed by atoms with Crippen LogP contribution in [0.4, 0.5) is 17.1 Å². The van der Waals surface area contributed by atoms with Gasteiger partial charge < -0.3 is 9.47 Å². The lowest BCUT2D eigenvalue weighted by Crippen LogP contribution is -2.19. The fourth-order valence-corrected chi connectivity index (χ4v) is 7.74. The molecule has 0 amide bonds. The average Bonchev–Trinajstić information content (AvgIpc) is 3.56. The molecule has 9 aromatic rings. The van der Waals surface area contributed by atoms with E-state index in [1.165, 1.54) is 55.2 Å². The summed E-state index contributed by atoms with van der Waals surface area (Å²) in [5.41, 5.74) is 14.1. The Labute approximate surface area is 311 Å². The van der Waals surface area contributed by atoms with E-state index in [-0.39, 0.29) is 5.41 Å². The zero-order valence-electron chi connectivity index (χ0n) is 30.0. The van der Waals surface area contributed by atoms with Gasteiger partial charge in [0.25, 0.3) is 0 Å². The number of para-hydroxylation sites is 2. The molecule has 0 bridgehead atoms. The van der Waals surface area contributed by atoms with Crippen molar-refractivity contribution in [1.82, 2.24) is 4.57 Å². The molecule has 0 radical (unpaired) electrons. The van der Waals surface area contributed by atoms with Gasteiger partial charge in [0, 0.05) is 38.9 Å². The van der Waals surface area contributed by atoms with Crippen molar-refractivity contribution in [2.75, 3.05) is 4.90 Å². The molecule has 254 valence electrons. The van der Waals surface area contributed by atoms with Crippen LogP contribution >= 0.6 is 0 Å². The van der Waals surface area contributed by atoms with Crippen molar-refractivity contribution in [3.63, 3.8) is 0 Å². The van der Waals surface area contributed by atoms with Crippen LogP contribution in [-0.4, -0.2) is 4.57 Å². The fourth-order valence-electron chi connectivity index (χ4n) is 7.74. The van der Waals surface area contributed by atoms with Crippen molar-refractivity contribution in [2.24, 2.45) is 0 Å². The number of hydrogen-bond donors (Lipinski definition) is 0. The van der Waals surface area contributed by atoms with E-state index in [4.69, 9.17) is 0 Å². The van der Waals surface area contributed by atoms with Crippen LogP contribution < -0.4 is 4.90 Å². The second-order valence-electron chi connectivity index (χ2n) is 14.3. The van der Waals surface area contributed by atoms with E-state index in [0.717, 1.165) is 22.7 Å². The third-order valence-electron chi connectivity index (χ3n) is 10.7. The van der Waals surface area contributed by atoms with Crippen molar-refractivity contribution in [3.05, 3.63) is 217 Å². The first-order valence-electron chi connectivity index (χ1n) is 18.4. The summed E-state index contributed by atoms with van der Waals surface area (Å²) in [6.07, 6.45) is 0. The van der Waals surface area contributed by atoms with E-state index < -0.39 is 0 Å². The molecule has 0 spiro atoms. The fraction of sp³-hybridized carbons (Fsp3) is 0.0588. The van der Waals surface area contributed by atoms with E-state index in [2.05, 4.69) is 230 Å². The minimum absolute atomic E-state index is 0.127. The highest BCUT2D eigenvalue weighted by Crippen LogP contribution is 2.41. The first-order valence-corrected chi connectivity index (χ1v) is 18.4. The second kappa shape index (κ2) is 13.5. The molecule has 2 nitrogen and oxygen atoms in total. The molecular weight excluding hydrogens is 641 g/mol. The molecule has 0 aliphatic carbocycles. The number of hydrogen-bond acceptors (Lipinski definition) is 1. The van der Waals surface area contributed by atoms with E-state index in [1.807, 2.05) is 0 Å². The van der Waals surface area contributed by atoms with E-state index in [0.29, 0.717) is 0 Å². The van der Waals surface area contributed by atoms with Gasteiger partial charge >= 0.3 is 0 Å². The minimum Gasteiger partial charge on any atom is -0.310 e. The molecule has 0 saturated heterocycles. The Morgan fingerprint density at radius 3 is 1.42 bits per heavy atom. The molecular formula is C51H40N2. The number of nitrogens with zero attached hydrogens (tertiary/aromatic N) is 2. The largest absolute Gasteiger partial charge is 0.310 e. The number of aromatic nitrogens is 1. The molecule has 0 saturated carbocycles. The second-order valence-corrected chi connectivity index (χ2v) is 14.3. The lowest BCUT2D eigenvalue weighted by atomic mass is 9.78. The molecule has 0 atom stereocenters. The van der Waals surface area contributed by atoms with Crippen molar-refractivity contribution < 1.29 is 0 Å². The van der Waals surface area contributed by atoms with Crippen molar-refractivity contribution in [1.29, 1.82) is 0 Å². The summed E-state index contributed by atoms with van der Waals surface area (Å²) in [6.45, 7) is 4.60. The molecule has 0 unspecified atom stereocenters. The van der Waals surface area contributed by atoms with Gasteiger partial charge in [0.2, 0.25) is 0 Å². The zero-order valence-corrected chi connectivity index (χ0v) is 30.0. The number of anilines is 3. The molecule has 53 heavy (non-hydrogen) atoms. The topological polar surface area (TPSA) is 8.17 Å². The van der Waals surface area contributed by atoms with Crippen LogP contribution in [0.3, 0.4) is 0 Å². The maximum atomic E-state index is 2.39. The quantitative estimate of drug-likeness (QED) is 0.155. The summed E-state index contributed by atoms with van der Waals surface area (Å²) < 4.78 is 2.39. The third kappa shape index (κ3) is 5.99. The molecule has 0 aliphatic heterocycles. The van der Waals surface area contributed by atoms with Crippen LogP contribution in [0.15, 0.2) is 206 Å². The first kappa shape index (κ1) is 32.3. The van der Waals surface area contributed by atoms with Crippen molar-refractivity contribution in [2.45, 2.75) is 19.3 Å². The predicted octanol–water partition coefficient (Wildman–Crippen LogP) is 13.9. The number of rotatable bonds is 8. The maximum absolute atomic E-state index is 2.39. The molecule has 2 heteroatoms. The lowest BCUT2D eigenvalue weighted by Gasteiger charge is -2.29. The van der Waals surface area contributed by atoms with Gasteiger partial charge in [-0.1, -0.05) is 166 Å². The highest BCUT2D eigenvalue weighted by atomic mass is 15.1. The SMILES string of the molecule is CC(C)(c1ccccc1)c1ccc(N(c2ccc(-c3ccc(-c4ccccc4)cc3)cc2)c2ccc3c4ccccc4n(-c4ccccc4)c3c2)cc1. The molecule has 0 N–H and O–H groups in total. The lowest BCUT2D eigenvalue weighted by molar-refractivity contribution is 0.641. The van der Waals surface area contributed by atoms with Crippen LogP contribution in [0.25, 0.3) is 49.7 Å². The van der Waals surface area contributed by atoms with E-state index >= 15 is 0 Å². The van der Waals surface area contributed by atoms with Crippen LogP contribution in [0.5, 0.6) is 0 Å². The van der Waals surface area contributed by atoms with Gasteiger partial charge in [-0.3, -0.25) is 0 Å². The summed E-state index contributed by atoms with van der Waals surface area (Å²) in [6, 6.07) is 74.6. The molecule has 9 rings (SSSR count). The van der Waals surface area contributed by atoms with Crippen LogP contribution in [-0.2, 0) is 5.41 Å². The Hall–Kier alpha value is -6.64. The van der Waals surface area contributed by atoms with E-state index in [9.17, 15) is 0 Å². The first-order chi connectivity index (χ1) is 26.0. The molecule has 0 fully saturated rings. The van der Waals surface area contributed by atoms with Crippen LogP contribution in [0.1, 0.15) is 25.0 Å². The van der Waals surface area contributed by atoms with Gasteiger partial charge in [0.05, 0.1) is 11.0 Å². The van der Waals surface area contributed by atoms with Crippen molar-refractivity contribution >= 4 is 38.9 Å². The Morgan fingerprint density at radius 2 is 0.792 bits per heavy atom. The minimum atomic E-state index is -0.127. The predicted molar refractivity (Wildman–Crippen MR) is 225 cm³/mol. The summed E-state index contributed by atoms with van der Waals surface area (Å²) in [4.78, 5) is 2.38. The number of benzene rings is 8. The molecule has 8 aromatic carbocycles. The van der Waals surface area contributed by atoms with Crippen LogP contribution in [0, 0.1) is 0 Å². The highest BCUT2D eigenvalue weighted by Gasteiger charge is 2.24. The standard InChI is InChI=1S/C51H40N2/c1-51(2,41-16-8-4-9-17-41)42-28-32-45(33-29-42)52(44-30-26-40(27-31-44)39-24-22-38(23-25-39)37-14-6-3-7-15-37)46-34-35-48-47-20-12-13-21-49(47)53(50(48)36-46)43-18-10-5-11-19-43/h3-36H,1-2H3. The Bertz CT molecular complexity index is 2640. The van der Waals surface area contributed by atoms with Gasteiger partial charge in [0.15, 0.2) is 0 Å². The summed E-state index contributed by atoms with van der Waals surface area (Å²) in [5.74, 6) is 0. The van der Waals surface area contributed by atoms with Crippen LogP contribution in [0.2, 0.25) is 0 Å². The highest BCUT2D eigenvalue weighted by molar-refractivity contribution is 6.10. The van der Waals surface area contributed by atoms with Gasteiger partial charge in [0.1, 0.15) is 0 Å². The molecule has 0 aliphatic rings. The van der Waals surface area contributed by atoms with Gasteiger partial charge in [-0.2, -0.15) is 0 Å². The van der Waals surface area contributed by atoms with Gasteiger partial charge in [-0.25, -0.2) is 0 Å². The zero-order chi connectivity index (χ0) is 35.8. The maximum Gasteiger partial charge on any atom is 0.0561 e. The van der Waals surface area contributed by atoms with E-state index in [1.54, 1.807) is 0 Å². The normalized spacial score (nSPS) is 11.6. The Morgan fingerprint density at radius 1 is 0.358 bits per heavy atom. The smallest absolute Gasteiger partial charge is 0.0561 e. The molecule has 1 heterocycles. The Kier molecular flexibility index (Phi) is 8.21. The van der Waals surface area contributed by atoms with Gasteiger partial charge in [-0.15, -0.1) is 0 Å².